The van der Waals surface area contributed by atoms with Gasteiger partial charge in [0.15, 0.2) is 5.84 Å². The van der Waals surface area contributed by atoms with Crippen molar-refractivity contribution in [2.75, 3.05) is 13.6 Å². The summed E-state index contributed by atoms with van der Waals surface area (Å²) in [6.07, 6.45) is 1.43. The van der Waals surface area contributed by atoms with Crippen LogP contribution in [0.4, 0.5) is 0 Å². The maximum atomic E-state index is 12.0. The molecule has 1 amide bonds. The van der Waals surface area contributed by atoms with Gasteiger partial charge in [0.2, 0.25) is 5.91 Å². The van der Waals surface area contributed by atoms with Crippen molar-refractivity contribution < 1.29 is 10.0 Å². The first-order valence-electron chi connectivity index (χ1n) is 5.66. The van der Waals surface area contributed by atoms with Gasteiger partial charge in [-0.2, -0.15) is 0 Å². The fraction of sp³-hybridized carbons (Fsp3) is 0.818. The van der Waals surface area contributed by atoms with E-state index in [-0.39, 0.29) is 11.7 Å². The lowest BCUT2D eigenvalue weighted by Crippen LogP contribution is -2.41. The van der Waals surface area contributed by atoms with Gasteiger partial charge in [-0.05, 0) is 12.3 Å². The van der Waals surface area contributed by atoms with Crippen molar-refractivity contribution in [2.45, 2.75) is 33.6 Å². The van der Waals surface area contributed by atoms with E-state index in [0.29, 0.717) is 18.9 Å². The highest BCUT2D eigenvalue weighted by Gasteiger charge is 2.25. The Bertz CT molecular complexity index is 252. The molecule has 5 nitrogen and oxygen atoms in total. The minimum atomic E-state index is -0.501. The summed E-state index contributed by atoms with van der Waals surface area (Å²) in [7, 11) is 1.75. The number of amidine groups is 1. The highest BCUT2D eigenvalue weighted by Crippen LogP contribution is 2.11. The molecule has 0 aromatic carbocycles. The minimum Gasteiger partial charge on any atom is -0.409 e. The monoisotopic (exact) mass is 229 g/mol. The first kappa shape index (κ1) is 14.7. The third-order valence-corrected chi connectivity index (χ3v) is 2.36. The van der Waals surface area contributed by atoms with E-state index in [9.17, 15) is 4.79 Å². The number of carbonyl (C=O) groups excluding carboxylic acids is 1. The Kier molecular flexibility index (Phi) is 6.53. The Hall–Kier alpha value is -1.26. The van der Waals surface area contributed by atoms with E-state index in [1.165, 1.54) is 0 Å². The van der Waals surface area contributed by atoms with E-state index >= 15 is 0 Å². The van der Waals surface area contributed by atoms with Crippen molar-refractivity contribution in [3.05, 3.63) is 0 Å². The van der Waals surface area contributed by atoms with E-state index in [4.69, 9.17) is 10.9 Å². The van der Waals surface area contributed by atoms with Crippen LogP contribution in [0.3, 0.4) is 0 Å². The summed E-state index contributed by atoms with van der Waals surface area (Å²) in [6, 6.07) is 0. The molecule has 0 aromatic rings. The summed E-state index contributed by atoms with van der Waals surface area (Å²) in [5, 5.41) is 11.6. The van der Waals surface area contributed by atoms with Crippen LogP contribution < -0.4 is 5.73 Å². The number of nitrogens with zero attached hydrogens (tertiary/aromatic N) is 2. The van der Waals surface area contributed by atoms with Crippen LogP contribution in [-0.4, -0.2) is 35.4 Å². The summed E-state index contributed by atoms with van der Waals surface area (Å²) in [6.45, 7) is 6.73. The minimum absolute atomic E-state index is 0.00227. The predicted octanol–water partition coefficient (Wildman–Crippen LogP) is 1.26. The summed E-state index contributed by atoms with van der Waals surface area (Å²) < 4.78 is 0. The molecule has 1 unspecified atom stereocenters. The summed E-state index contributed by atoms with van der Waals surface area (Å²) in [5.41, 5.74) is 5.53. The van der Waals surface area contributed by atoms with Crippen molar-refractivity contribution in [1.29, 1.82) is 0 Å². The lowest BCUT2D eigenvalue weighted by Gasteiger charge is -2.24. The van der Waals surface area contributed by atoms with Crippen LogP contribution >= 0.6 is 0 Å². The number of nitrogens with two attached hydrogens (primary N) is 1. The molecule has 0 bridgehead atoms. The highest BCUT2D eigenvalue weighted by molar-refractivity contribution is 6.01. The molecule has 0 rings (SSSR count). The van der Waals surface area contributed by atoms with Gasteiger partial charge in [0.25, 0.3) is 0 Å². The molecular formula is C11H23N3O2. The van der Waals surface area contributed by atoms with E-state index < -0.39 is 5.92 Å². The van der Waals surface area contributed by atoms with E-state index in [0.717, 1.165) is 6.42 Å². The van der Waals surface area contributed by atoms with Gasteiger partial charge in [-0.1, -0.05) is 32.3 Å². The zero-order valence-electron chi connectivity index (χ0n) is 10.6. The zero-order valence-corrected chi connectivity index (χ0v) is 10.6. The van der Waals surface area contributed by atoms with Crippen molar-refractivity contribution >= 4 is 11.7 Å². The SMILES string of the molecule is CCCC(C(=O)N(C)CC(C)C)C(N)=NO. The Balaban J connectivity index is 4.60. The Morgan fingerprint density at radius 1 is 1.50 bits per heavy atom. The second kappa shape index (κ2) is 7.09. The number of hydrogen-bond acceptors (Lipinski definition) is 3. The van der Waals surface area contributed by atoms with Crippen LogP contribution in [0.5, 0.6) is 0 Å². The molecule has 5 heteroatoms. The van der Waals surface area contributed by atoms with E-state index in [1.54, 1.807) is 11.9 Å². The first-order chi connectivity index (χ1) is 7.43. The molecule has 1 atom stereocenters. The average Bonchev–Trinajstić information content (AvgIpc) is 2.23. The third kappa shape index (κ3) is 4.51. The molecule has 0 spiro atoms. The molecule has 94 valence electrons. The fourth-order valence-electron chi connectivity index (χ4n) is 1.66. The first-order valence-corrected chi connectivity index (χ1v) is 5.66. The Morgan fingerprint density at radius 3 is 2.44 bits per heavy atom. The average molecular weight is 229 g/mol. The molecule has 0 fully saturated rings. The lowest BCUT2D eigenvalue weighted by molar-refractivity contribution is -0.132. The molecular weight excluding hydrogens is 206 g/mol. The molecule has 0 heterocycles. The molecule has 3 N–H and O–H groups in total. The van der Waals surface area contributed by atoms with Gasteiger partial charge in [0.05, 0.1) is 5.92 Å². The summed E-state index contributed by atoms with van der Waals surface area (Å²) >= 11 is 0. The topological polar surface area (TPSA) is 78.9 Å². The highest BCUT2D eigenvalue weighted by atomic mass is 16.4. The van der Waals surface area contributed by atoms with E-state index in [1.807, 2.05) is 20.8 Å². The van der Waals surface area contributed by atoms with Crippen LogP contribution in [0.15, 0.2) is 5.16 Å². The third-order valence-electron chi connectivity index (χ3n) is 2.36. The lowest BCUT2D eigenvalue weighted by atomic mass is 10.0. The van der Waals surface area contributed by atoms with Gasteiger partial charge in [-0.25, -0.2) is 0 Å². The van der Waals surface area contributed by atoms with Crippen LogP contribution in [0, 0.1) is 11.8 Å². The maximum Gasteiger partial charge on any atom is 0.233 e. The molecule has 0 saturated carbocycles. The van der Waals surface area contributed by atoms with Crippen molar-refractivity contribution in [3.8, 4) is 0 Å². The standard InChI is InChI=1S/C11H23N3O2/c1-5-6-9(10(12)13-16)11(15)14(4)7-8(2)3/h8-9,16H,5-7H2,1-4H3,(H2,12,13). The van der Waals surface area contributed by atoms with Crippen LogP contribution in [0.25, 0.3) is 0 Å². The number of amides is 1. The molecule has 0 aliphatic carbocycles. The van der Waals surface area contributed by atoms with Gasteiger partial charge in [0.1, 0.15) is 0 Å². The number of hydrogen-bond donors (Lipinski definition) is 2. The van der Waals surface area contributed by atoms with E-state index in [2.05, 4.69) is 5.16 Å². The number of rotatable bonds is 6. The normalized spacial score (nSPS) is 13.9. The van der Waals surface area contributed by atoms with Gasteiger partial charge >= 0.3 is 0 Å². The van der Waals surface area contributed by atoms with Crippen molar-refractivity contribution in [3.63, 3.8) is 0 Å². The van der Waals surface area contributed by atoms with Crippen LogP contribution in [-0.2, 0) is 4.79 Å². The molecule has 0 radical (unpaired) electrons. The van der Waals surface area contributed by atoms with Crippen LogP contribution in [0.2, 0.25) is 0 Å². The Morgan fingerprint density at radius 2 is 2.06 bits per heavy atom. The van der Waals surface area contributed by atoms with Crippen LogP contribution in [0.1, 0.15) is 33.6 Å². The molecule has 0 aliphatic heterocycles. The smallest absolute Gasteiger partial charge is 0.233 e. The number of carbonyl (C=O) groups is 1. The maximum absolute atomic E-state index is 12.0. The Labute approximate surface area is 97.3 Å². The molecule has 0 aliphatic rings. The molecule has 0 aromatic heterocycles. The zero-order chi connectivity index (χ0) is 12.7. The van der Waals surface area contributed by atoms with Crippen molar-refractivity contribution in [2.24, 2.45) is 22.7 Å². The fourth-order valence-corrected chi connectivity index (χ4v) is 1.66. The van der Waals surface area contributed by atoms with Gasteiger partial charge in [-0.15, -0.1) is 0 Å². The molecule has 0 saturated heterocycles. The van der Waals surface area contributed by atoms with Gasteiger partial charge in [-0.3, -0.25) is 4.79 Å². The summed E-state index contributed by atoms with van der Waals surface area (Å²) in [4.78, 5) is 13.7. The second-order valence-corrected chi connectivity index (χ2v) is 4.48. The quantitative estimate of drug-likeness (QED) is 0.311. The molecule has 16 heavy (non-hydrogen) atoms. The largest absolute Gasteiger partial charge is 0.409 e. The van der Waals surface area contributed by atoms with Gasteiger partial charge in [0, 0.05) is 13.6 Å². The van der Waals surface area contributed by atoms with Crippen molar-refractivity contribution in [1.82, 2.24) is 4.90 Å². The number of oxime groups is 1. The summed E-state index contributed by atoms with van der Waals surface area (Å²) in [5.74, 6) is -0.171. The predicted molar refractivity (Wildman–Crippen MR) is 64.3 cm³/mol. The second-order valence-electron chi connectivity index (χ2n) is 4.48. The van der Waals surface area contributed by atoms with Gasteiger partial charge < -0.3 is 15.8 Å².